The molecule has 1 aliphatic heterocycles. The van der Waals surface area contributed by atoms with Crippen LogP contribution in [0.1, 0.15) is 34.8 Å². The quantitative estimate of drug-likeness (QED) is 0.659. The summed E-state index contributed by atoms with van der Waals surface area (Å²) in [4.78, 5) is 29.7. The Labute approximate surface area is 154 Å². The number of carbonyl (C=O) groups is 1. The van der Waals surface area contributed by atoms with Crippen molar-refractivity contribution in [2.24, 2.45) is 0 Å². The molecule has 0 saturated carbocycles. The first kappa shape index (κ1) is 16.8. The van der Waals surface area contributed by atoms with Crippen LogP contribution in [0, 0.1) is 0 Å². The molecular formula is C18H18ClN5O2. The number of nitrogens with zero attached hydrogens (tertiary/aromatic N) is 2. The first-order valence-electron chi connectivity index (χ1n) is 8.50. The number of anilines is 1. The van der Waals surface area contributed by atoms with E-state index < -0.39 is 0 Å². The molecule has 2 aromatic heterocycles. The van der Waals surface area contributed by atoms with Gasteiger partial charge in [0.15, 0.2) is 5.65 Å². The number of aromatic nitrogens is 3. The second-order valence-electron chi connectivity index (χ2n) is 6.35. The van der Waals surface area contributed by atoms with E-state index in [0.717, 1.165) is 31.6 Å². The van der Waals surface area contributed by atoms with Crippen molar-refractivity contribution in [2.75, 3.05) is 18.4 Å². The average molecular weight is 372 g/mol. The lowest BCUT2D eigenvalue weighted by Gasteiger charge is -2.21. The average Bonchev–Trinajstić information content (AvgIpc) is 3.09. The van der Waals surface area contributed by atoms with E-state index in [4.69, 9.17) is 11.6 Å². The largest absolute Gasteiger partial charge is 0.322 e. The molecule has 0 bridgehead atoms. The maximum Gasteiger partial charge on any atom is 0.272 e. The van der Waals surface area contributed by atoms with Crippen LogP contribution in [0.2, 0.25) is 5.02 Å². The van der Waals surface area contributed by atoms with Gasteiger partial charge < -0.3 is 10.6 Å². The highest BCUT2D eigenvalue weighted by atomic mass is 35.5. The van der Waals surface area contributed by atoms with Gasteiger partial charge in [-0.05, 0) is 50.2 Å². The van der Waals surface area contributed by atoms with Crippen molar-refractivity contribution in [3.63, 3.8) is 0 Å². The van der Waals surface area contributed by atoms with Gasteiger partial charge in [-0.25, -0.2) is 9.50 Å². The van der Waals surface area contributed by atoms with Gasteiger partial charge >= 0.3 is 0 Å². The number of hydrogen-bond donors (Lipinski definition) is 3. The van der Waals surface area contributed by atoms with Crippen LogP contribution < -0.4 is 16.2 Å². The third-order valence-electron chi connectivity index (χ3n) is 4.62. The van der Waals surface area contributed by atoms with Crippen molar-refractivity contribution in [2.45, 2.75) is 18.8 Å². The zero-order valence-corrected chi connectivity index (χ0v) is 14.7. The third kappa shape index (κ3) is 3.23. The summed E-state index contributed by atoms with van der Waals surface area (Å²) in [5, 5.41) is 9.50. The zero-order chi connectivity index (χ0) is 18.1. The van der Waals surface area contributed by atoms with Crippen molar-refractivity contribution < 1.29 is 4.79 Å². The maximum atomic E-state index is 12.6. The normalized spacial score (nSPS) is 15.3. The maximum absolute atomic E-state index is 12.6. The zero-order valence-electron chi connectivity index (χ0n) is 14.0. The summed E-state index contributed by atoms with van der Waals surface area (Å²) in [5.41, 5.74) is 1.83. The molecule has 0 unspecified atom stereocenters. The highest BCUT2D eigenvalue weighted by Gasteiger charge is 2.21. The number of aromatic amines is 1. The van der Waals surface area contributed by atoms with Gasteiger partial charge in [-0.2, -0.15) is 0 Å². The van der Waals surface area contributed by atoms with Crippen molar-refractivity contribution in [1.82, 2.24) is 19.9 Å². The van der Waals surface area contributed by atoms with Gasteiger partial charge in [0, 0.05) is 28.9 Å². The Morgan fingerprint density at radius 3 is 2.69 bits per heavy atom. The molecule has 1 aromatic carbocycles. The molecule has 7 nitrogen and oxygen atoms in total. The number of carbonyl (C=O) groups excluding carboxylic acids is 1. The van der Waals surface area contributed by atoms with Crippen LogP contribution in [-0.4, -0.2) is 33.6 Å². The molecule has 1 fully saturated rings. The lowest BCUT2D eigenvalue weighted by atomic mass is 9.94. The van der Waals surface area contributed by atoms with Crippen LogP contribution >= 0.6 is 11.6 Å². The molecule has 4 rings (SSSR count). The van der Waals surface area contributed by atoms with Gasteiger partial charge in [0.25, 0.3) is 11.5 Å². The summed E-state index contributed by atoms with van der Waals surface area (Å²) in [7, 11) is 0. The Kier molecular flexibility index (Phi) is 4.48. The molecule has 3 heterocycles. The highest BCUT2D eigenvalue weighted by molar-refractivity contribution is 6.30. The third-order valence-corrected chi connectivity index (χ3v) is 4.87. The predicted octanol–water partition coefficient (Wildman–Crippen LogP) is 2.40. The fourth-order valence-electron chi connectivity index (χ4n) is 3.22. The highest BCUT2D eigenvalue weighted by Crippen LogP contribution is 2.23. The molecule has 3 N–H and O–H groups in total. The number of H-pyrrole nitrogens is 1. The number of fused-ring (bicyclic) bond motifs is 1. The summed E-state index contributed by atoms with van der Waals surface area (Å²) >= 11 is 5.86. The molecule has 0 spiro atoms. The summed E-state index contributed by atoms with van der Waals surface area (Å²) < 4.78 is 1.29. The molecule has 1 amide bonds. The molecule has 26 heavy (non-hydrogen) atoms. The van der Waals surface area contributed by atoms with E-state index in [1.54, 1.807) is 30.3 Å². The van der Waals surface area contributed by atoms with Gasteiger partial charge in [0.05, 0.1) is 5.69 Å². The Balaban J connectivity index is 1.68. The van der Waals surface area contributed by atoms with Crippen LogP contribution in [0.15, 0.2) is 41.3 Å². The lowest BCUT2D eigenvalue weighted by molar-refractivity contribution is 0.102. The minimum atomic E-state index is -0.333. The van der Waals surface area contributed by atoms with Gasteiger partial charge in [0.2, 0.25) is 0 Å². The van der Waals surface area contributed by atoms with Crippen molar-refractivity contribution >= 4 is 28.8 Å². The second-order valence-corrected chi connectivity index (χ2v) is 6.79. The number of amides is 1. The van der Waals surface area contributed by atoms with Gasteiger partial charge in [-0.1, -0.05) is 11.6 Å². The molecule has 3 aromatic rings. The van der Waals surface area contributed by atoms with Crippen LogP contribution in [0.3, 0.4) is 0 Å². The fraction of sp³-hybridized carbons (Fsp3) is 0.278. The molecule has 1 aliphatic rings. The summed E-state index contributed by atoms with van der Waals surface area (Å²) in [6.07, 6.45) is 3.36. The monoisotopic (exact) mass is 371 g/mol. The topological polar surface area (TPSA) is 91.3 Å². The SMILES string of the molecule is O=C(Nc1ccc(Cl)cc1)c1c[nH]n2c(=O)cc(C3CCNCC3)nc12. The van der Waals surface area contributed by atoms with Crippen molar-refractivity contribution in [3.8, 4) is 0 Å². The van der Waals surface area contributed by atoms with Gasteiger partial charge in [-0.3, -0.25) is 14.7 Å². The molecule has 134 valence electrons. The standard InChI is InChI=1S/C18H18ClN5O2/c19-12-1-3-13(4-2-12)22-18(26)14-10-21-24-16(25)9-15(23-17(14)24)11-5-7-20-8-6-11/h1-4,9-11,20-21H,5-8H2,(H,22,26). The Hall–Kier alpha value is -2.64. The number of rotatable bonds is 3. The molecule has 0 atom stereocenters. The summed E-state index contributed by atoms with van der Waals surface area (Å²) in [5.74, 6) is -0.101. The van der Waals surface area contributed by atoms with Gasteiger partial charge in [-0.15, -0.1) is 0 Å². The van der Waals surface area contributed by atoms with E-state index in [1.165, 1.54) is 10.7 Å². The van der Waals surface area contributed by atoms with E-state index in [9.17, 15) is 9.59 Å². The molecule has 8 heteroatoms. The molecule has 0 radical (unpaired) electrons. The van der Waals surface area contributed by atoms with Crippen LogP contribution in [0.5, 0.6) is 0 Å². The fourth-order valence-corrected chi connectivity index (χ4v) is 3.35. The van der Waals surface area contributed by atoms with Crippen LogP contribution in [0.4, 0.5) is 5.69 Å². The van der Waals surface area contributed by atoms with E-state index in [1.807, 2.05) is 0 Å². The number of halogens is 1. The van der Waals surface area contributed by atoms with E-state index >= 15 is 0 Å². The van der Waals surface area contributed by atoms with Crippen molar-refractivity contribution in [1.29, 1.82) is 0 Å². The summed E-state index contributed by atoms with van der Waals surface area (Å²) in [6, 6.07) is 8.39. The number of nitrogens with one attached hydrogen (secondary N) is 3. The second kappa shape index (κ2) is 6.93. The minimum Gasteiger partial charge on any atom is -0.322 e. The number of benzene rings is 1. The lowest BCUT2D eigenvalue weighted by Crippen LogP contribution is -2.28. The number of piperidine rings is 1. The first-order valence-corrected chi connectivity index (χ1v) is 8.88. The Morgan fingerprint density at radius 2 is 1.96 bits per heavy atom. The van der Waals surface area contributed by atoms with E-state index in [0.29, 0.717) is 21.9 Å². The van der Waals surface area contributed by atoms with E-state index in [-0.39, 0.29) is 17.4 Å². The van der Waals surface area contributed by atoms with Crippen LogP contribution in [0.25, 0.3) is 5.65 Å². The van der Waals surface area contributed by atoms with Gasteiger partial charge in [0.1, 0.15) is 5.56 Å². The Bertz CT molecular complexity index is 1000. The molecule has 0 aliphatic carbocycles. The van der Waals surface area contributed by atoms with Crippen LogP contribution in [-0.2, 0) is 0 Å². The minimum absolute atomic E-state index is 0.214. The summed E-state index contributed by atoms with van der Waals surface area (Å²) in [6.45, 7) is 1.81. The van der Waals surface area contributed by atoms with E-state index in [2.05, 4.69) is 20.7 Å². The number of hydrogen-bond acceptors (Lipinski definition) is 4. The first-order chi connectivity index (χ1) is 12.6. The molecular weight excluding hydrogens is 354 g/mol. The molecule has 1 saturated heterocycles. The smallest absolute Gasteiger partial charge is 0.272 e. The predicted molar refractivity (Wildman–Crippen MR) is 100 cm³/mol. The van der Waals surface area contributed by atoms with Crippen molar-refractivity contribution in [3.05, 3.63) is 63.2 Å². The Morgan fingerprint density at radius 1 is 1.23 bits per heavy atom.